The van der Waals surface area contributed by atoms with Crippen LogP contribution in [-0.4, -0.2) is 24.3 Å². The summed E-state index contributed by atoms with van der Waals surface area (Å²) in [5, 5.41) is 4.10. The fourth-order valence-corrected chi connectivity index (χ4v) is 4.31. The summed E-state index contributed by atoms with van der Waals surface area (Å²) >= 11 is 14.3. The van der Waals surface area contributed by atoms with Gasteiger partial charge in [-0.3, -0.25) is 9.78 Å². The minimum absolute atomic E-state index is 0.256. The van der Waals surface area contributed by atoms with Crippen molar-refractivity contribution in [2.75, 3.05) is 18.7 Å². The number of anilines is 1. The Bertz CT molecular complexity index is 1310. The molecule has 1 aromatic heterocycles. The Morgan fingerprint density at radius 3 is 2.52 bits per heavy atom. The van der Waals surface area contributed by atoms with E-state index in [0.29, 0.717) is 27.0 Å². The number of benzene rings is 3. The van der Waals surface area contributed by atoms with Crippen LogP contribution in [0.5, 0.6) is 5.75 Å². The van der Waals surface area contributed by atoms with E-state index in [0.717, 1.165) is 27.3 Å². The number of ether oxygens (including phenoxy) is 1. The van der Waals surface area contributed by atoms with Crippen molar-refractivity contribution in [1.29, 1.82) is 0 Å². The Labute approximate surface area is 206 Å². The van der Waals surface area contributed by atoms with Crippen LogP contribution in [0.4, 0.5) is 5.69 Å². The lowest BCUT2D eigenvalue weighted by Gasteiger charge is -2.15. The van der Waals surface area contributed by atoms with Crippen molar-refractivity contribution in [3.8, 4) is 28.1 Å². The third-order valence-electron chi connectivity index (χ3n) is 5.09. The molecule has 0 saturated heterocycles. The summed E-state index contributed by atoms with van der Waals surface area (Å²) in [5.74, 6) is 0.379. The molecular formula is C26H20Cl2N2O2S. The van der Waals surface area contributed by atoms with Crippen LogP contribution in [0, 0.1) is 0 Å². The lowest BCUT2D eigenvalue weighted by molar-refractivity contribution is 0.102. The average molecular weight is 495 g/mol. The molecule has 0 atom stereocenters. The zero-order valence-corrected chi connectivity index (χ0v) is 20.3. The summed E-state index contributed by atoms with van der Waals surface area (Å²) in [7, 11) is 1.60. The molecule has 1 N–H and O–H groups in total. The van der Waals surface area contributed by atoms with Crippen LogP contribution in [-0.2, 0) is 0 Å². The molecule has 1 amide bonds. The standard InChI is InChI=1S/C26H20Cl2N2O2S/c1-32-25-11-6-16(27)13-21(25)20-15-18(33-2)8-9-19(20)26(31)30-17-7-10-23(28)22(14-17)24-5-3-4-12-29-24/h3-15H,1-2H3,(H,30,31). The molecule has 3 aromatic carbocycles. The van der Waals surface area contributed by atoms with Crippen LogP contribution in [0.3, 0.4) is 0 Å². The van der Waals surface area contributed by atoms with Gasteiger partial charge in [0.1, 0.15) is 5.75 Å². The average Bonchev–Trinajstić information content (AvgIpc) is 2.85. The molecule has 33 heavy (non-hydrogen) atoms. The first-order valence-corrected chi connectivity index (χ1v) is 12.0. The second-order valence-electron chi connectivity index (χ2n) is 7.12. The second kappa shape index (κ2) is 10.3. The highest BCUT2D eigenvalue weighted by Gasteiger charge is 2.18. The van der Waals surface area contributed by atoms with Crippen molar-refractivity contribution in [3.05, 3.63) is 94.6 Å². The van der Waals surface area contributed by atoms with E-state index in [4.69, 9.17) is 27.9 Å². The predicted molar refractivity (Wildman–Crippen MR) is 138 cm³/mol. The number of halogens is 2. The molecule has 1 heterocycles. The van der Waals surface area contributed by atoms with E-state index in [-0.39, 0.29) is 5.91 Å². The predicted octanol–water partition coefficient (Wildman–Crippen LogP) is 7.71. The summed E-state index contributed by atoms with van der Waals surface area (Å²) in [5.41, 5.74) is 4.07. The first-order chi connectivity index (χ1) is 16.0. The molecule has 4 rings (SSSR count). The van der Waals surface area contributed by atoms with Crippen molar-refractivity contribution in [3.63, 3.8) is 0 Å². The monoisotopic (exact) mass is 494 g/mol. The zero-order valence-electron chi connectivity index (χ0n) is 17.9. The number of nitrogens with zero attached hydrogens (tertiary/aromatic N) is 1. The van der Waals surface area contributed by atoms with Crippen LogP contribution >= 0.6 is 35.0 Å². The van der Waals surface area contributed by atoms with Crippen LogP contribution in [0.15, 0.2) is 83.9 Å². The molecule has 4 aromatic rings. The van der Waals surface area contributed by atoms with E-state index < -0.39 is 0 Å². The fourth-order valence-electron chi connectivity index (χ4n) is 3.48. The third-order valence-corrected chi connectivity index (χ3v) is 6.38. The van der Waals surface area contributed by atoms with E-state index in [1.54, 1.807) is 55.4 Å². The largest absolute Gasteiger partial charge is 0.496 e. The van der Waals surface area contributed by atoms with Gasteiger partial charge in [0, 0.05) is 38.5 Å². The van der Waals surface area contributed by atoms with Crippen molar-refractivity contribution in [2.24, 2.45) is 0 Å². The number of carbonyl (C=O) groups is 1. The first-order valence-electron chi connectivity index (χ1n) is 10.0. The van der Waals surface area contributed by atoms with E-state index in [2.05, 4.69) is 10.3 Å². The molecule has 166 valence electrons. The van der Waals surface area contributed by atoms with E-state index in [1.165, 1.54) is 0 Å². The smallest absolute Gasteiger partial charge is 0.256 e. The maximum atomic E-state index is 13.4. The van der Waals surface area contributed by atoms with Crippen molar-refractivity contribution < 1.29 is 9.53 Å². The van der Waals surface area contributed by atoms with Crippen LogP contribution < -0.4 is 10.1 Å². The van der Waals surface area contributed by atoms with Gasteiger partial charge in [0.2, 0.25) is 0 Å². The molecule has 0 bridgehead atoms. The lowest BCUT2D eigenvalue weighted by atomic mass is 9.98. The highest BCUT2D eigenvalue weighted by molar-refractivity contribution is 7.98. The quantitative estimate of drug-likeness (QED) is 0.279. The Morgan fingerprint density at radius 1 is 0.939 bits per heavy atom. The summed E-state index contributed by atoms with van der Waals surface area (Å²) in [4.78, 5) is 18.8. The topological polar surface area (TPSA) is 51.2 Å². The Kier molecular flexibility index (Phi) is 7.23. The second-order valence-corrected chi connectivity index (χ2v) is 8.84. The molecule has 0 saturated carbocycles. The van der Waals surface area contributed by atoms with Crippen LogP contribution in [0.25, 0.3) is 22.4 Å². The molecule has 0 aliphatic heterocycles. The lowest BCUT2D eigenvalue weighted by Crippen LogP contribution is -2.13. The van der Waals surface area contributed by atoms with Gasteiger partial charge in [0.25, 0.3) is 5.91 Å². The highest BCUT2D eigenvalue weighted by atomic mass is 35.5. The Balaban J connectivity index is 1.74. The molecular weight excluding hydrogens is 475 g/mol. The number of nitrogens with one attached hydrogen (secondary N) is 1. The molecule has 7 heteroatoms. The van der Waals surface area contributed by atoms with Gasteiger partial charge in [0.05, 0.1) is 17.8 Å². The number of methoxy groups -OCH3 is 1. The fraction of sp³-hybridized carbons (Fsp3) is 0.0769. The van der Waals surface area contributed by atoms with Gasteiger partial charge in [-0.05, 0) is 78.5 Å². The number of amides is 1. The maximum absolute atomic E-state index is 13.4. The van der Waals surface area contributed by atoms with Gasteiger partial charge in [0.15, 0.2) is 0 Å². The normalized spacial score (nSPS) is 10.7. The summed E-state index contributed by atoms with van der Waals surface area (Å²) < 4.78 is 5.54. The van der Waals surface area contributed by atoms with Crippen molar-refractivity contribution >= 4 is 46.6 Å². The molecule has 0 unspecified atom stereocenters. The summed E-state index contributed by atoms with van der Waals surface area (Å²) in [6.45, 7) is 0. The van der Waals surface area contributed by atoms with E-state index >= 15 is 0 Å². The van der Waals surface area contributed by atoms with Gasteiger partial charge in [-0.1, -0.05) is 29.3 Å². The van der Waals surface area contributed by atoms with E-state index in [9.17, 15) is 4.79 Å². The van der Waals surface area contributed by atoms with Gasteiger partial charge in [-0.25, -0.2) is 0 Å². The van der Waals surface area contributed by atoms with Crippen molar-refractivity contribution in [1.82, 2.24) is 4.98 Å². The van der Waals surface area contributed by atoms with Crippen molar-refractivity contribution in [2.45, 2.75) is 4.90 Å². The molecule has 0 spiro atoms. The van der Waals surface area contributed by atoms with E-state index in [1.807, 2.05) is 48.7 Å². The number of hydrogen-bond donors (Lipinski definition) is 1. The van der Waals surface area contributed by atoms with Crippen LogP contribution in [0.2, 0.25) is 10.0 Å². The highest BCUT2D eigenvalue weighted by Crippen LogP contribution is 2.37. The number of rotatable bonds is 6. The number of carbonyl (C=O) groups excluding carboxylic acids is 1. The van der Waals surface area contributed by atoms with Gasteiger partial charge in [-0.2, -0.15) is 0 Å². The SMILES string of the molecule is COc1ccc(Cl)cc1-c1cc(SC)ccc1C(=O)Nc1ccc(Cl)c(-c2ccccn2)c1. The van der Waals surface area contributed by atoms with Gasteiger partial charge < -0.3 is 10.1 Å². The minimum atomic E-state index is -0.256. The summed E-state index contributed by atoms with van der Waals surface area (Å²) in [6.07, 6.45) is 3.69. The number of thioether (sulfide) groups is 1. The summed E-state index contributed by atoms with van der Waals surface area (Å²) in [6, 6.07) is 22.0. The minimum Gasteiger partial charge on any atom is -0.496 e. The first kappa shape index (κ1) is 23.2. The molecule has 0 radical (unpaired) electrons. The maximum Gasteiger partial charge on any atom is 0.256 e. The number of pyridine rings is 1. The Hall–Kier alpha value is -2.99. The zero-order chi connectivity index (χ0) is 23.4. The van der Waals surface area contributed by atoms with Crippen LogP contribution in [0.1, 0.15) is 10.4 Å². The molecule has 4 nitrogen and oxygen atoms in total. The third kappa shape index (κ3) is 5.17. The van der Waals surface area contributed by atoms with Gasteiger partial charge in [-0.15, -0.1) is 11.8 Å². The molecule has 0 aliphatic rings. The Morgan fingerprint density at radius 2 is 1.79 bits per heavy atom. The number of hydrogen-bond acceptors (Lipinski definition) is 4. The molecule has 0 aliphatic carbocycles. The molecule has 0 fully saturated rings. The van der Waals surface area contributed by atoms with Gasteiger partial charge >= 0.3 is 0 Å². The number of aromatic nitrogens is 1.